The van der Waals surface area contributed by atoms with Crippen LogP contribution in [0.25, 0.3) is 33.7 Å². The third kappa shape index (κ3) is 4.26. The molecule has 6 rings (SSSR count). The van der Waals surface area contributed by atoms with E-state index in [1.54, 1.807) is 13.1 Å². The monoisotopic (exact) mass is 465 g/mol. The second kappa shape index (κ2) is 8.72. The summed E-state index contributed by atoms with van der Waals surface area (Å²) in [7, 11) is 0. The van der Waals surface area contributed by atoms with Crippen molar-refractivity contribution in [1.29, 1.82) is 0 Å². The number of nitrogens with zero attached hydrogens (tertiary/aromatic N) is 4. The number of amides is 1. The van der Waals surface area contributed by atoms with Gasteiger partial charge in [-0.15, -0.1) is 0 Å². The molecule has 174 valence electrons. The van der Waals surface area contributed by atoms with E-state index in [1.807, 2.05) is 53.4 Å². The number of hydrogen-bond acceptors (Lipinski definition) is 6. The van der Waals surface area contributed by atoms with Gasteiger partial charge in [-0.1, -0.05) is 11.2 Å². The molecule has 1 amide bonds. The number of carbonyl (C=O) groups is 1. The molecule has 1 aliphatic rings. The Bertz CT molecular complexity index is 1510. The van der Waals surface area contributed by atoms with Crippen LogP contribution in [0.3, 0.4) is 0 Å². The highest BCUT2D eigenvalue weighted by atomic mass is 16.5. The summed E-state index contributed by atoms with van der Waals surface area (Å²) in [5.41, 5.74) is 4.57. The third-order valence-electron chi connectivity index (χ3n) is 6.14. The van der Waals surface area contributed by atoms with Crippen LogP contribution in [-0.2, 0) is 11.3 Å². The fourth-order valence-corrected chi connectivity index (χ4v) is 4.38. The Balaban J connectivity index is 1.35. The highest BCUT2D eigenvalue weighted by Gasteiger charge is 2.22. The fourth-order valence-electron chi connectivity index (χ4n) is 4.38. The molecular formula is C27H23N5O3. The molecule has 0 aliphatic carbocycles. The molecule has 8 heteroatoms. The number of rotatable bonds is 6. The molecule has 1 fully saturated rings. The summed E-state index contributed by atoms with van der Waals surface area (Å²) in [6, 6.07) is 19.5. The van der Waals surface area contributed by atoms with Gasteiger partial charge in [0.05, 0.1) is 11.4 Å². The lowest BCUT2D eigenvalue weighted by molar-refractivity contribution is -0.128. The summed E-state index contributed by atoms with van der Waals surface area (Å²) >= 11 is 0. The molecule has 1 saturated heterocycles. The number of benzene rings is 2. The SMILES string of the molecule is Cc1nc(-c2ccc(Oc3cc4cc(-c5ccccn5)[nH]c4cc3CN3CCCC3=O)cc2)no1. The highest BCUT2D eigenvalue weighted by molar-refractivity contribution is 5.87. The third-order valence-corrected chi connectivity index (χ3v) is 6.14. The number of pyridine rings is 1. The summed E-state index contributed by atoms with van der Waals surface area (Å²) in [4.78, 5) is 26.4. The number of aryl methyl sites for hydroxylation is 1. The molecule has 0 spiro atoms. The number of fused-ring (bicyclic) bond motifs is 1. The Kier molecular flexibility index (Phi) is 5.25. The minimum absolute atomic E-state index is 0.177. The van der Waals surface area contributed by atoms with E-state index in [2.05, 4.69) is 32.2 Å². The molecule has 5 aromatic rings. The van der Waals surface area contributed by atoms with Gasteiger partial charge < -0.3 is 19.1 Å². The minimum Gasteiger partial charge on any atom is -0.457 e. The van der Waals surface area contributed by atoms with Crippen LogP contribution < -0.4 is 4.74 Å². The maximum Gasteiger partial charge on any atom is 0.223 e. The highest BCUT2D eigenvalue weighted by Crippen LogP contribution is 2.34. The van der Waals surface area contributed by atoms with Gasteiger partial charge in [0.2, 0.25) is 17.6 Å². The van der Waals surface area contributed by atoms with Crippen molar-refractivity contribution >= 4 is 16.8 Å². The fraction of sp³-hybridized carbons (Fsp3) is 0.185. The average molecular weight is 466 g/mol. The maximum atomic E-state index is 12.3. The van der Waals surface area contributed by atoms with Gasteiger partial charge in [-0.3, -0.25) is 9.78 Å². The van der Waals surface area contributed by atoms with E-state index in [1.165, 1.54) is 0 Å². The Morgan fingerprint density at radius 3 is 2.71 bits per heavy atom. The number of carbonyl (C=O) groups excluding carboxylic acids is 1. The first-order valence-electron chi connectivity index (χ1n) is 11.6. The van der Waals surface area contributed by atoms with Crippen molar-refractivity contribution in [2.75, 3.05) is 6.54 Å². The predicted molar refractivity (Wildman–Crippen MR) is 131 cm³/mol. The van der Waals surface area contributed by atoms with Crippen molar-refractivity contribution < 1.29 is 14.1 Å². The summed E-state index contributed by atoms with van der Waals surface area (Å²) in [6.07, 6.45) is 3.27. The zero-order valence-electron chi connectivity index (χ0n) is 19.2. The van der Waals surface area contributed by atoms with Gasteiger partial charge in [-0.25, -0.2) is 0 Å². The van der Waals surface area contributed by atoms with E-state index in [-0.39, 0.29) is 5.91 Å². The molecule has 1 aliphatic heterocycles. The summed E-state index contributed by atoms with van der Waals surface area (Å²) < 4.78 is 11.4. The Morgan fingerprint density at radius 2 is 2.00 bits per heavy atom. The van der Waals surface area contributed by atoms with Gasteiger partial charge in [-0.05, 0) is 61.0 Å². The first-order chi connectivity index (χ1) is 17.1. The van der Waals surface area contributed by atoms with Crippen LogP contribution >= 0.6 is 0 Å². The molecular weight excluding hydrogens is 442 g/mol. The van der Waals surface area contributed by atoms with E-state index in [0.717, 1.165) is 46.4 Å². The predicted octanol–water partition coefficient (Wildman–Crippen LogP) is 5.50. The van der Waals surface area contributed by atoms with E-state index in [0.29, 0.717) is 36.2 Å². The lowest BCUT2D eigenvalue weighted by Crippen LogP contribution is -2.24. The second-order valence-corrected chi connectivity index (χ2v) is 8.63. The van der Waals surface area contributed by atoms with E-state index in [4.69, 9.17) is 9.26 Å². The molecule has 0 saturated carbocycles. The lowest BCUT2D eigenvalue weighted by atomic mass is 10.1. The number of likely N-dealkylation sites (tertiary alicyclic amines) is 1. The molecule has 0 atom stereocenters. The zero-order valence-corrected chi connectivity index (χ0v) is 19.2. The molecule has 4 heterocycles. The van der Waals surface area contributed by atoms with Crippen molar-refractivity contribution in [2.45, 2.75) is 26.3 Å². The van der Waals surface area contributed by atoms with Crippen LogP contribution in [0.4, 0.5) is 0 Å². The van der Waals surface area contributed by atoms with Gasteiger partial charge >= 0.3 is 0 Å². The topological polar surface area (TPSA) is 97.1 Å². The number of ether oxygens (including phenoxy) is 1. The molecule has 0 radical (unpaired) electrons. The van der Waals surface area contributed by atoms with Crippen LogP contribution in [0.15, 0.2) is 71.4 Å². The molecule has 0 unspecified atom stereocenters. The van der Waals surface area contributed by atoms with Gasteiger partial charge in [-0.2, -0.15) is 4.98 Å². The normalized spacial score (nSPS) is 13.6. The standard InChI is InChI=1S/C27H23N5O3/c1-17-29-27(31-35-17)18-7-9-21(10-8-18)34-25-15-19-13-24(22-5-2-3-11-28-22)30-23(19)14-20(25)16-32-12-4-6-26(32)33/h2-3,5,7-11,13-15,30H,4,6,12,16H2,1H3. The Morgan fingerprint density at radius 1 is 1.11 bits per heavy atom. The number of aromatic amines is 1. The average Bonchev–Trinajstić information content (AvgIpc) is 3.60. The van der Waals surface area contributed by atoms with Gasteiger partial charge in [0.15, 0.2) is 0 Å². The minimum atomic E-state index is 0.177. The zero-order chi connectivity index (χ0) is 23.8. The van der Waals surface area contributed by atoms with E-state index in [9.17, 15) is 4.79 Å². The Labute approximate surface area is 201 Å². The molecule has 35 heavy (non-hydrogen) atoms. The number of hydrogen-bond donors (Lipinski definition) is 1. The smallest absolute Gasteiger partial charge is 0.223 e. The van der Waals surface area contributed by atoms with Crippen LogP contribution in [-0.4, -0.2) is 37.5 Å². The van der Waals surface area contributed by atoms with E-state index >= 15 is 0 Å². The quantitative estimate of drug-likeness (QED) is 0.355. The largest absolute Gasteiger partial charge is 0.457 e. The van der Waals surface area contributed by atoms with Crippen LogP contribution in [0, 0.1) is 6.92 Å². The summed E-state index contributed by atoms with van der Waals surface area (Å²) in [5, 5.41) is 4.98. The van der Waals surface area contributed by atoms with Gasteiger partial charge in [0.25, 0.3) is 0 Å². The van der Waals surface area contributed by atoms with Gasteiger partial charge in [0, 0.05) is 54.7 Å². The number of aromatic nitrogens is 4. The second-order valence-electron chi connectivity index (χ2n) is 8.63. The van der Waals surface area contributed by atoms with Crippen molar-refractivity contribution in [3.63, 3.8) is 0 Å². The summed E-state index contributed by atoms with van der Waals surface area (Å²) in [5.74, 6) is 2.63. The van der Waals surface area contributed by atoms with Crippen LogP contribution in [0.5, 0.6) is 11.5 Å². The van der Waals surface area contributed by atoms with Crippen LogP contribution in [0.2, 0.25) is 0 Å². The van der Waals surface area contributed by atoms with Crippen molar-refractivity contribution in [2.24, 2.45) is 0 Å². The lowest BCUT2D eigenvalue weighted by Gasteiger charge is -2.18. The molecule has 0 bridgehead atoms. The van der Waals surface area contributed by atoms with Crippen molar-refractivity contribution in [3.05, 3.63) is 78.3 Å². The molecule has 2 aromatic carbocycles. The maximum absolute atomic E-state index is 12.3. The Hall–Kier alpha value is -4.46. The van der Waals surface area contributed by atoms with Crippen LogP contribution in [0.1, 0.15) is 24.3 Å². The van der Waals surface area contributed by atoms with Crippen molar-refractivity contribution in [1.82, 2.24) is 25.0 Å². The first kappa shape index (κ1) is 21.1. The summed E-state index contributed by atoms with van der Waals surface area (Å²) in [6.45, 7) is 3.03. The number of nitrogens with one attached hydrogen (secondary N) is 1. The first-order valence-corrected chi connectivity index (χ1v) is 11.6. The van der Waals surface area contributed by atoms with E-state index < -0.39 is 0 Å². The van der Waals surface area contributed by atoms with Crippen molar-refractivity contribution in [3.8, 4) is 34.3 Å². The molecule has 1 N–H and O–H groups in total. The van der Waals surface area contributed by atoms with Gasteiger partial charge in [0.1, 0.15) is 11.5 Å². The molecule has 3 aromatic heterocycles. The number of H-pyrrole nitrogens is 1. The molecule has 8 nitrogen and oxygen atoms in total.